The summed E-state index contributed by atoms with van der Waals surface area (Å²) in [4.78, 5) is 18.9. The minimum Gasteiger partial charge on any atom is -0.493 e. The fraction of sp³-hybridized carbons (Fsp3) is 0.235. The fourth-order valence-corrected chi connectivity index (χ4v) is 2.96. The van der Waals surface area contributed by atoms with Crippen molar-refractivity contribution in [2.24, 2.45) is 5.73 Å². The molecule has 0 radical (unpaired) electrons. The van der Waals surface area contributed by atoms with E-state index in [1.807, 2.05) is 6.07 Å². The summed E-state index contributed by atoms with van der Waals surface area (Å²) in [7, 11) is 4.41. The van der Waals surface area contributed by atoms with Gasteiger partial charge in [-0.3, -0.25) is 4.79 Å². The zero-order valence-corrected chi connectivity index (χ0v) is 14.3. The number of methoxy groups -OCH3 is 3. The Bertz CT molecular complexity index is 990. The molecule has 2 heterocycles. The number of allylic oxidation sites excluding steroid dienone is 1. The number of hydrogen-bond donors (Lipinski definition) is 2. The number of nitriles is 1. The highest BCUT2D eigenvalue weighted by molar-refractivity contribution is 5.63. The Morgan fingerprint density at radius 1 is 1.23 bits per heavy atom. The first-order valence-electron chi connectivity index (χ1n) is 7.51. The zero-order chi connectivity index (χ0) is 18.8. The van der Waals surface area contributed by atoms with Crippen molar-refractivity contribution >= 4 is 0 Å². The molecule has 0 spiro atoms. The maximum atomic E-state index is 12.4. The second-order valence-corrected chi connectivity index (χ2v) is 5.30. The Labute approximate surface area is 148 Å². The molecule has 1 atom stereocenters. The third-order valence-corrected chi connectivity index (χ3v) is 4.07. The number of fused-ring (bicyclic) bond motifs is 1. The lowest BCUT2D eigenvalue weighted by molar-refractivity contribution is 0.320. The smallest absolute Gasteiger partial charge is 0.258 e. The van der Waals surface area contributed by atoms with Crippen LogP contribution in [-0.2, 0) is 0 Å². The number of aromatic amines is 1. The number of aromatic nitrogens is 2. The van der Waals surface area contributed by atoms with E-state index >= 15 is 0 Å². The maximum Gasteiger partial charge on any atom is 0.258 e. The van der Waals surface area contributed by atoms with Gasteiger partial charge in [-0.15, -0.1) is 0 Å². The highest BCUT2D eigenvalue weighted by Gasteiger charge is 2.37. The van der Waals surface area contributed by atoms with E-state index in [0.29, 0.717) is 22.8 Å². The summed E-state index contributed by atoms with van der Waals surface area (Å²) in [6, 6.07) is 5.34. The Morgan fingerprint density at radius 2 is 1.96 bits per heavy atom. The van der Waals surface area contributed by atoms with Gasteiger partial charge >= 0.3 is 0 Å². The summed E-state index contributed by atoms with van der Waals surface area (Å²) in [6.07, 6.45) is 1.20. The number of ether oxygens (including phenoxy) is 4. The minimum atomic E-state index is -0.837. The molecule has 0 bridgehead atoms. The molecule has 1 aromatic heterocycles. The minimum absolute atomic E-state index is 0.0343. The number of H-pyrrole nitrogens is 1. The van der Waals surface area contributed by atoms with Gasteiger partial charge in [0.2, 0.25) is 17.5 Å². The molecule has 3 rings (SSSR count). The topological polar surface area (TPSA) is 132 Å². The van der Waals surface area contributed by atoms with Crippen molar-refractivity contribution in [1.29, 1.82) is 5.26 Å². The average Bonchev–Trinajstić information content (AvgIpc) is 2.65. The molecule has 0 saturated heterocycles. The molecule has 1 aromatic carbocycles. The Balaban J connectivity index is 2.36. The van der Waals surface area contributed by atoms with Crippen LogP contribution in [0.3, 0.4) is 0 Å². The van der Waals surface area contributed by atoms with Crippen molar-refractivity contribution in [3.05, 3.63) is 51.4 Å². The van der Waals surface area contributed by atoms with Crippen LogP contribution in [0.1, 0.15) is 17.0 Å². The Morgan fingerprint density at radius 3 is 2.58 bits per heavy atom. The van der Waals surface area contributed by atoms with Crippen molar-refractivity contribution in [1.82, 2.24) is 9.97 Å². The van der Waals surface area contributed by atoms with Gasteiger partial charge in [0.1, 0.15) is 11.6 Å². The number of hydrogen-bond acceptors (Lipinski definition) is 8. The molecule has 1 aliphatic rings. The standard InChI is InChI=1S/C17H16N4O5/c1-23-10-5-4-8(13(24-2)14(10)25-3)11-9(6-18)15(19)26-17-12(11)16(22)20-7-21-17/h4-5,7,11H,19H2,1-3H3,(H,20,21,22). The molecule has 9 heteroatoms. The van der Waals surface area contributed by atoms with Crippen LogP contribution in [0.4, 0.5) is 0 Å². The molecular formula is C17H16N4O5. The van der Waals surface area contributed by atoms with E-state index in [-0.39, 0.29) is 22.9 Å². The monoisotopic (exact) mass is 356 g/mol. The molecule has 0 fully saturated rings. The van der Waals surface area contributed by atoms with E-state index in [1.165, 1.54) is 27.7 Å². The molecule has 1 aliphatic heterocycles. The van der Waals surface area contributed by atoms with Crippen LogP contribution in [0, 0.1) is 11.3 Å². The van der Waals surface area contributed by atoms with Gasteiger partial charge < -0.3 is 29.7 Å². The normalized spacial score (nSPS) is 15.5. The van der Waals surface area contributed by atoms with Gasteiger partial charge in [-0.2, -0.15) is 5.26 Å². The number of nitrogens with one attached hydrogen (secondary N) is 1. The quantitative estimate of drug-likeness (QED) is 0.829. The van der Waals surface area contributed by atoms with Crippen molar-refractivity contribution in [2.75, 3.05) is 21.3 Å². The SMILES string of the molecule is COc1ccc(C2C(C#N)=C(N)Oc3nc[nH]c(=O)c32)c(OC)c1OC. The largest absolute Gasteiger partial charge is 0.493 e. The molecule has 2 aromatic rings. The van der Waals surface area contributed by atoms with E-state index in [1.54, 1.807) is 12.1 Å². The summed E-state index contributed by atoms with van der Waals surface area (Å²) in [5, 5.41) is 9.60. The van der Waals surface area contributed by atoms with Crippen LogP contribution in [0.2, 0.25) is 0 Å². The number of rotatable bonds is 4. The van der Waals surface area contributed by atoms with E-state index in [4.69, 9.17) is 24.7 Å². The fourth-order valence-electron chi connectivity index (χ4n) is 2.96. The number of nitrogens with zero attached hydrogens (tertiary/aromatic N) is 2. The predicted octanol–water partition coefficient (Wildman–Crippen LogP) is 1.01. The molecule has 9 nitrogen and oxygen atoms in total. The third kappa shape index (κ3) is 2.48. The summed E-state index contributed by atoms with van der Waals surface area (Å²) < 4.78 is 21.5. The first kappa shape index (κ1) is 17.2. The van der Waals surface area contributed by atoms with Crippen LogP contribution in [0.15, 0.2) is 34.7 Å². The second kappa shape index (κ2) is 6.68. The molecular weight excluding hydrogens is 340 g/mol. The van der Waals surface area contributed by atoms with Crippen LogP contribution in [0.25, 0.3) is 0 Å². The first-order chi connectivity index (χ1) is 12.6. The Kier molecular flexibility index (Phi) is 4.41. The highest BCUT2D eigenvalue weighted by Crippen LogP contribution is 2.48. The molecule has 0 aliphatic carbocycles. The molecule has 0 saturated carbocycles. The first-order valence-corrected chi connectivity index (χ1v) is 7.51. The molecule has 1 unspecified atom stereocenters. The third-order valence-electron chi connectivity index (χ3n) is 4.07. The predicted molar refractivity (Wildman–Crippen MR) is 90.3 cm³/mol. The average molecular weight is 356 g/mol. The van der Waals surface area contributed by atoms with Gasteiger partial charge in [-0.1, -0.05) is 6.07 Å². The lowest BCUT2D eigenvalue weighted by atomic mass is 9.84. The summed E-state index contributed by atoms with van der Waals surface area (Å²) >= 11 is 0. The van der Waals surface area contributed by atoms with Crippen LogP contribution in [-0.4, -0.2) is 31.3 Å². The summed E-state index contributed by atoms with van der Waals surface area (Å²) in [6.45, 7) is 0. The van der Waals surface area contributed by atoms with E-state index < -0.39 is 11.5 Å². The van der Waals surface area contributed by atoms with Gasteiger partial charge in [0.15, 0.2) is 11.5 Å². The van der Waals surface area contributed by atoms with Gasteiger partial charge in [0.05, 0.1) is 39.1 Å². The van der Waals surface area contributed by atoms with Crippen molar-refractivity contribution in [2.45, 2.75) is 5.92 Å². The lowest BCUT2D eigenvalue weighted by Crippen LogP contribution is -2.28. The molecule has 3 N–H and O–H groups in total. The number of benzene rings is 1. The zero-order valence-electron chi connectivity index (χ0n) is 14.3. The van der Waals surface area contributed by atoms with Crippen molar-refractivity contribution in [3.8, 4) is 29.2 Å². The molecule has 134 valence electrons. The van der Waals surface area contributed by atoms with Crippen molar-refractivity contribution < 1.29 is 18.9 Å². The van der Waals surface area contributed by atoms with Gasteiger partial charge in [0.25, 0.3) is 5.56 Å². The second-order valence-electron chi connectivity index (χ2n) is 5.30. The lowest BCUT2D eigenvalue weighted by Gasteiger charge is -2.26. The summed E-state index contributed by atoms with van der Waals surface area (Å²) in [5.41, 5.74) is 6.16. The maximum absolute atomic E-state index is 12.4. The number of nitrogens with two attached hydrogens (primary N) is 1. The van der Waals surface area contributed by atoms with E-state index in [0.717, 1.165) is 0 Å². The molecule has 26 heavy (non-hydrogen) atoms. The summed E-state index contributed by atoms with van der Waals surface area (Å²) in [5.74, 6) is 0.157. The van der Waals surface area contributed by atoms with Gasteiger partial charge in [-0.25, -0.2) is 4.98 Å². The van der Waals surface area contributed by atoms with E-state index in [2.05, 4.69) is 9.97 Å². The van der Waals surface area contributed by atoms with Crippen LogP contribution >= 0.6 is 0 Å². The van der Waals surface area contributed by atoms with Crippen LogP contribution in [0.5, 0.6) is 23.1 Å². The highest BCUT2D eigenvalue weighted by atomic mass is 16.5. The Hall–Kier alpha value is -3.67. The van der Waals surface area contributed by atoms with Crippen molar-refractivity contribution in [3.63, 3.8) is 0 Å². The van der Waals surface area contributed by atoms with Gasteiger partial charge in [0, 0.05) is 5.56 Å². The van der Waals surface area contributed by atoms with Crippen LogP contribution < -0.4 is 30.2 Å². The van der Waals surface area contributed by atoms with Gasteiger partial charge in [-0.05, 0) is 6.07 Å². The van der Waals surface area contributed by atoms with E-state index in [9.17, 15) is 10.1 Å². The molecule has 0 amide bonds.